The van der Waals surface area contributed by atoms with Crippen LogP contribution in [0.5, 0.6) is 0 Å². The van der Waals surface area contributed by atoms with Gasteiger partial charge >= 0.3 is 5.97 Å². The molecule has 0 aliphatic carbocycles. The van der Waals surface area contributed by atoms with Crippen molar-refractivity contribution in [2.75, 3.05) is 13.2 Å². The second-order valence-corrected chi connectivity index (χ2v) is 4.05. The summed E-state index contributed by atoms with van der Waals surface area (Å²) in [5.41, 5.74) is -0.366. The maximum Gasteiger partial charge on any atom is 0.307 e. The summed E-state index contributed by atoms with van der Waals surface area (Å²) in [6, 6.07) is 0. The van der Waals surface area contributed by atoms with Crippen LogP contribution in [0.4, 0.5) is 0 Å². The van der Waals surface area contributed by atoms with Crippen LogP contribution < -0.4 is 5.32 Å². The Bertz CT molecular complexity index is 224. The van der Waals surface area contributed by atoms with E-state index in [0.717, 1.165) is 6.42 Å². The predicted molar refractivity (Wildman–Crippen MR) is 58.3 cm³/mol. The van der Waals surface area contributed by atoms with Crippen LogP contribution in [-0.4, -0.2) is 25.0 Å². The third kappa shape index (κ3) is 5.40. The molecule has 0 aliphatic heterocycles. The van der Waals surface area contributed by atoms with Crippen molar-refractivity contribution in [1.29, 1.82) is 0 Å². The average Bonchev–Trinajstić information content (AvgIpc) is 2.18. The fourth-order valence-electron chi connectivity index (χ4n) is 0.911. The minimum Gasteiger partial charge on any atom is -0.466 e. The number of esters is 1. The maximum absolute atomic E-state index is 11.6. The first-order valence-corrected chi connectivity index (χ1v) is 5.38. The third-order valence-electron chi connectivity index (χ3n) is 2.42. The van der Waals surface area contributed by atoms with E-state index in [4.69, 9.17) is 4.74 Å². The number of carbonyl (C=O) groups excluding carboxylic acids is 2. The van der Waals surface area contributed by atoms with Crippen LogP contribution in [0.1, 0.15) is 40.5 Å². The van der Waals surface area contributed by atoms with Gasteiger partial charge in [0.05, 0.1) is 13.0 Å². The number of ether oxygens (including phenoxy) is 1. The predicted octanol–water partition coefficient (Wildman–Crippen LogP) is 1.49. The molecule has 0 aromatic heterocycles. The van der Waals surface area contributed by atoms with Crippen LogP contribution in [0.2, 0.25) is 0 Å². The normalized spacial score (nSPS) is 10.9. The summed E-state index contributed by atoms with van der Waals surface area (Å²) >= 11 is 0. The van der Waals surface area contributed by atoms with Gasteiger partial charge in [0.1, 0.15) is 0 Å². The van der Waals surface area contributed by atoms with Crippen LogP contribution >= 0.6 is 0 Å². The number of carbonyl (C=O) groups is 2. The van der Waals surface area contributed by atoms with Crippen molar-refractivity contribution >= 4 is 11.9 Å². The molecule has 0 saturated carbocycles. The second-order valence-electron chi connectivity index (χ2n) is 4.05. The summed E-state index contributed by atoms with van der Waals surface area (Å²) in [7, 11) is 0. The highest BCUT2D eigenvalue weighted by atomic mass is 16.5. The van der Waals surface area contributed by atoms with E-state index in [-0.39, 0.29) is 23.7 Å². The van der Waals surface area contributed by atoms with Crippen molar-refractivity contribution in [2.45, 2.75) is 40.5 Å². The Hall–Kier alpha value is -1.06. The Morgan fingerprint density at radius 1 is 1.27 bits per heavy atom. The van der Waals surface area contributed by atoms with Crippen LogP contribution in [0.3, 0.4) is 0 Å². The van der Waals surface area contributed by atoms with Crippen molar-refractivity contribution in [3.05, 3.63) is 0 Å². The van der Waals surface area contributed by atoms with Crippen LogP contribution in [-0.2, 0) is 14.3 Å². The van der Waals surface area contributed by atoms with Crippen LogP contribution in [0, 0.1) is 5.41 Å². The van der Waals surface area contributed by atoms with E-state index in [9.17, 15) is 9.59 Å². The summed E-state index contributed by atoms with van der Waals surface area (Å²) in [4.78, 5) is 22.5. The Kier molecular flexibility index (Phi) is 5.97. The number of amides is 1. The Morgan fingerprint density at radius 2 is 1.87 bits per heavy atom. The molecule has 4 nitrogen and oxygen atoms in total. The molecule has 0 aromatic carbocycles. The van der Waals surface area contributed by atoms with Crippen molar-refractivity contribution in [2.24, 2.45) is 5.41 Å². The molecule has 4 heteroatoms. The molecule has 1 N–H and O–H groups in total. The number of hydrogen-bond donors (Lipinski definition) is 1. The van der Waals surface area contributed by atoms with Crippen molar-refractivity contribution in [1.82, 2.24) is 5.32 Å². The Labute approximate surface area is 91.4 Å². The van der Waals surface area contributed by atoms with Crippen LogP contribution in [0.15, 0.2) is 0 Å². The molecule has 0 unspecified atom stereocenters. The molecule has 1 amide bonds. The molecular weight excluding hydrogens is 194 g/mol. The van der Waals surface area contributed by atoms with E-state index in [0.29, 0.717) is 13.2 Å². The van der Waals surface area contributed by atoms with Gasteiger partial charge in [0.15, 0.2) is 0 Å². The Morgan fingerprint density at radius 3 is 2.33 bits per heavy atom. The molecular formula is C11H21NO3. The summed E-state index contributed by atoms with van der Waals surface area (Å²) in [5, 5.41) is 2.72. The Balaban J connectivity index is 3.78. The summed E-state index contributed by atoms with van der Waals surface area (Å²) in [5.74, 6) is -0.290. The van der Waals surface area contributed by atoms with E-state index >= 15 is 0 Å². The molecule has 88 valence electrons. The minimum atomic E-state index is -0.366. The van der Waals surface area contributed by atoms with Gasteiger partial charge in [0.25, 0.3) is 0 Å². The molecule has 15 heavy (non-hydrogen) atoms. The third-order valence-corrected chi connectivity index (χ3v) is 2.42. The molecule has 0 aliphatic rings. The molecule has 0 bridgehead atoms. The summed E-state index contributed by atoms with van der Waals surface area (Å²) in [6.45, 7) is 8.22. The zero-order valence-electron chi connectivity index (χ0n) is 10.1. The van der Waals surface area contributed by atoms with Gasteiger partial charge in [-0.1, -0.05) is 20.8 Å². The van der Waals surface area contributed by atoms with Gasteiger partial charge in [-0.15, -0.1) is 0 Å². The van der Waals surface area contributed by atoms with Crippen molar-refractivity contribution < 1.29 is 14.3 Å². The van der Waals surface area contributed by atoms with E-state index < -0.39 is 0 Å². The first-order chi connectivity index (χ1) is 6.94. The summed E-state index contributed by atoms with van der Waals surface area (Å²) in [6.07, 6.45) is 1.01. The van der Waals surface area contributed by atoms with Gasteiger partial charge in [-0.2, -0.15) is 0 Å². The van der Waals surface area contributed by atoms with Gasteiger partial charge in [-0.05, 0) is 13.3 Å². The molecule has 0 aromatic rings. The second kappa shape index (κ2) is 6.43. The maximum atomic E-state index is 11.6. The lowest BCUT2D eigenvalue weighted by atomic mass is 9.89. The number of rotatable bonds is 6. The smallest absolute Gasteiger partial charge is 0.307 e. The average molecular weight is 215 g/mol. The number of hydrogen-bond acceptors (Lipinski definition) is 3. The zero-order chi connectivity index (χ0) is 11.9. The largest absolute Gasteiger partial charge is 0.466 e. The van der Waals surface area contributed by atoms with Gasteiger partial charge < -0.3 is 10.1 Å². The fraction of sp³-hybridized carbons (Fsp3) is 0.818. The fourth-order valence-corrected chi connectivity index (χ4v) is 0.911. The lowest BCUT2D eigenvalue weighted by Crippen LogP contribution is -2.37. The highest BCUT2D eigenvalue weighted by Gasteiger charge is 2.24. The van der Waals surface area contributed by atoms with Gasteiger partial charge in [0, 0.05) is 12.0 Å². The van der Waals surface area contributed by atoms with E-state index in [1.807, 2.05) is 20.8 Å². The lowest BCUT2D eigenvalue weighted by molar-refractivity contribution is -0.143. The standard InChI is InChI=1S/C11H21NO3/c1-5-11(3,4)10(14)12-8-7-9(13)15-6-2/h5-8H2,1-4H3,(H,12,14). The zero-order valence-corrected chi connectivity index (χ0v) is 10.1. The quantitative estimate of drug-likeness (QED) is 0.683. The molecule has 0 rings (SSSR count). The molecule has 0 atom stereocenters. The van der Waals surface area contributed by atoms with E-state index in [1.165, 1.54) is 0 Å². The summed E-state index contributed by atoms with van der Waals surface area (Å²) < 4.78 is 4.75. The van der Waals surface area contributed by atoms with E-state index in [1.54, 1.807) is 6.92 Å². The monoisotopic (exact) mass is 215 g/mol. The lowest BCUT2D eigenvalue weighted by Gasteiger charge is -2.21. The molecule has 0 saturated heterocycles. The van der Waals surface area contributed by atoms with Crippen molar-refractivity contribution in [3.63, 3.8) is 0 Å². The first-order valence-electron chi connectivity index (χ1n) is 5.38. The van der Waals surface area contributed by atoms with Gasteiger partial charge in [-0.25, -0.2) is 0 Å². The SMILES string of the molecule is CCOC(=O)CCNC(=O)C(C)(C)CC. The highest BCUT2D eigenvalue weighted by molar-refractivity contribution is 5.82. The number of nitrogens with one attached hydrogen (secondary N) is 1. The van der Waals surface area contributed by atoms with E-state index in [2.05, 4.69) is 5.32 Å². The molecule has 0 radical (unpaired) electrons. The van der Waals surface area contributed by atoms with Crippen LogP contribution in [0.25, 0.3) is 0 Å². The highest BCUT2D eigenvalue weighted by Crippen LogP contribution is 2.19. The van der Waals surface area contributed by atoms with Gasteiger partial charge in [0.2, 0.25) is 5.91 Å². The topological polar surface area (TPSA) is 55.4 Å². The molecule has 0 heterocycles. The van der Waals surface area contributed by atoms with Crippen molar-refractivity contribution in [3.8, 4) is 0 Å². The molecule has 0 spiro atoms. The molecule has 0 fully saturated rings. The van der Waals surface area contributed by atoms with Gasteiger partial charge in [-0.3, -0.25) is 9.59 Å². The minimum absolute atomic E-state index is 0.0192. The first kappa shape index (κ1) is 13.9.